The fraction of sp³-hybridized carbons (Fsp3) is 0.158. The van der Waals surface area contributed by atoms with Crippen LogP contribution in [-0.4, -0.2) is 24.2 Å². The van der Waals surface area contributed by atoms with Crippen LogP contribution < -0.4 is 14.8 Å². The van der Waals surface area contributed by atoms with Crippen molar-refractivity contribution in [2.45, 2.75) is 6.18 Å². The SMILES string of the molecule is COc1ccc(OC)c(Nc2cc(Cl)nc(-c3ccc(C(F)(F)F)cc3)n2)c1. The Morgan fingerprint density at radius 3 is 2.25 bits per heavy atom. The fourth-order valence-electron chi connectivity index (χ4n) is 2.47. The highest BCUT2D eigenvalue weighted by Gasteiger charge is 2.30. The summed E-state index contributed by atoms with van der Waals surface area (Å²) in [5, 5.41) is 3.20. The minimum Gasteiger partial charge on any atom is -0.497 e. The van der Waals surface area contributed by atoms with Crippen LogP contribution in [0.1, 0.15) is 5.56 Å². The molecule has 0 saturated carbocycles. The molecule has 5 nitrogen and oxygen atoms in total. The summed E-state index contributed by atoms with van der Waals surface area (Å²) in [6, 6.07) is 11.2. The number of methoxy groups -OCH3 is 2. The summed E-state index contributed by atoms with van der Waals surface area (Å²) in [5.74, 6) is 1.69. The lowest BCUT2D eigenvalue weighted by Gasteiger charge is -2.13. The molecule has 146 valence electrons. The van der Waals surface area contributed by atoms with E-state index >= 15 is 0 Å². The van der Waals surface area contributed by atoms with E-state index in [0.717, 1.165) is 12.1 Å². The second kappa shape index (κ2) is 7.93. The van der Waals surface area contributed by atoms with Gasteiger partial charge in [0.1, 0.15) is 22.5 Å². The van der Waals surface area contributed by atoms with Gasteiger partial charge in [0.2, 0.25) is 0 Å². The van der Waals surface area contributed by atoms with E-state index in [0.29, 0.717) is 28.6 Å². The standard InChI is InChI=1S/C19H15ClF3N3O2/c1-27-13-7-8-15(28-2)14(9-13)24-17-10-16(20)25-18(26-17)11-3-5-12(6-4-11)19(21,22)23/h3-10H,1-2H3,(H,24,25,26). The Kier molecular flexibility index (Phi) is 5.60. The first-order valence-corrected chi connectivity index (χ1v) is 8.39. The number of anilines is 2. The van der Waals surface area contributed by atoms with Gasteiger partial charge in [0.15, 0.2) is 5.82 Å². The van der Waals surface area contributed by atoms with Crippen LogP contribution in [0.25, 0.3) is 11.4 Å². The second-order valence-electron chi connectivity index (χ2n) is 5.67. The lowest BCUT2D eigenvalue weighted by atomic mass is 10.1. The van der Waals surface area contributed by atoms with Crippen molar-refractivity contribution in [2.24, 2.45) is 0 Å². The van der Waals surface area contributed by atoms with Crippen LogP contribution in [0.2, 0.25) is 5.15 Å². The maximum Gasteiger partial charge on any atom is 0.416 e. The normalized spacial score (nSPS) is 11.2. The Labute approximate surface area is 164 Å². The third-order valence-corrected chi connectivity index (χ3v) is 4.03. The topological polar surface area (TPSA) is 56.3 Å². The minimum atomic E-state index is -4.41. The van der Waals surface area contributed by atoms with Crippen molar-refractivity contribution >= 4 is 23.1 Å². The molecular weight excluding hydrogens is 395 g/mol. The molecule has 2 aromatic carbocycles. The molecule has 0 spiro atoms. The Morgan fingerprint density at radius 1 is 0.929 bits per heavy atom. The highest BCUT2D eigenvalue weighted by molar-refractivity contribution is 6.29. The summed E-state index contributed by atoms with van der Waals surface area (Å²) in [6.45, 7) is 0. The lowest BCUT2D eigenvalue weighted by molar-refractivity contribution is -0.137. The van der Waals surface area contributed by atoms with E-state index in [1.54, 1.807) is 18.2 Å². The third-order valence-electron chi connectivity index (χ3n) is 3.83. The Bertz CT molecular complexity index is 979. The van der Waals surface area contributed by atoms with Gasteiger partial charge in [-0.05, 0) is 24.3 Å². The van der Waals surface area contributed by atoms with Gasteiger partial charge in [-0.15, -0.1) is 0 Å². The molecule has 0 bridgehead atoms. The predicted octanol–water partition coefficient (Wildman–Crippen LogP) is 5.58. The Balaban J connectivity index is 1.94. The molecule has 1 heterocycles. The van der Waals surface area contributed by atoms with Crippen LogP contribution in [0.3, 0.4) is 0 Å². The van der Waals surface area contributed by atoms with E-state index in [1.165, 1.54) is 32.4 Å². The van der Waals surface area contributed by atoms with Crippen molar-refractivity contribution in [2.75, 3.05) is 19.5 Å². The molecule has 3 aromatic rings. The first-order valence-electron chi connectivity index (χ1n) is 8.01. The molecule has 1 N–H and O–H groups in total. The largest absolute Gasteiger partial charge is 0.497 e. The molecule has 0 saturated heterocycles. The van der Waals surface area contributed by atoms with E-state index in [4.69, 9.17) is 21.1 Å². The van der Waals surface area contributed by atoms with E-state index < -0.39 is 11.7 Å². The van der Waals surface area contributed by atoms with E-state index in [9.17, 15) is 13.2 Å². The van der Waals surface area contributed by atoms with Crippen LogP contribution in [0.4, 0.5) is 24.7 Å². The number of aromatic nitrogens is 2. The molecule has 28 heavy (non-hydrogen) atoms. The number of ether oxygens (including phenoxy) is 2. The molecule has 0 aliphatic heterocycles. The molecule has 0 amide bonds. The van der Waals surface area contributed by atoms with Crippen LogP contribution >= 0.6 is 11.6 Å². The van der Waals surface area contributed by atoms with Gasteiger partial charge < -0.3 is 14.8 Å². The highest BCUT2D eigenvalue weighted by Crippen LogP contribution is 2.33. The smallest absolute Gasteiger partial charge is 0.416 e. The van der Waals surface area contributed by atoms with E-state index in [2.05, 4.69) is 15.3 Å². The summed E-state index contributed by atoms with van der Waals surface area (Å²) in [7, 11) is 3.06. The molecule has 1 aromatic heterocycles. The Morgan fingerprint density at radius 2 is 1.64 bits per heavy atom. The fourth-order valence-corrected chi connectivity index (χ4v) is 2.65. The number of hydrogen-bond acceptors (Lipinski definition) is 5. The average Bonchev–Trinajstić information content (AvgIpc) is 2.67. The summed E-state index contributed by atoms with van der Waals surface area (Å²) < 4.78 is 48.7. The average molecular weight is 410 g/mol. The quantitative estimate of drug-likeness (QED) is 0.558. The highest BCUT2D eigenvalue weighted by atomic mass is 35.5. The van der Waals surface area contributed by atoms with Gasteiger partial charge in [-0.25, -0.2) is 9.97 Å². The van der Waals surface area contributed by atoms with Gasteiger partial charge in [-0.3, -0.25) is 0 Å². The molecule has 0 unspecified atom stereocenters. The zero-order valence-corrected chi connectivity index (χ0v) is 15.6. The Hall–Kier alpha value is -3.00. The zero-order valence-electron chi connectivity index (χ0n) is 14.8. The predicted molar refractivity (Wildman–Crippen MR) is 100 cm³/mol. The van der Waals surface area contributed by atoms with Gasteiger partial charge in [0.25, 0.3) is 0 Å². The number of hydrogen-bond donors (Lipinski definition) is 1. The second-order valence-corrected chi connectivity index (χ2v) is 6.05. The van der Waals surface area contributed by atoms with Gasteiger partial charge in [-0.2, -0.15) is 13.2 Å². The van der Waals surface area contributed by atoms with Crippen molar-refractivity contribution in [3.63, 3.8) is 0 Å². The molecular formula is C19H15ClF3N3O2. The number of benzene rings is 2. The van der Waals surface area contributed by atoms with Crippen molar-refractivity contribution in [1.29, 1.82) is 0 Å². The minimum absolute atomic E-state index is 0.134. The molecule has 3 rings (SSSR count). The summed E-state index contributed by atoms with van der Waals surface area (Å²) in [6.07, 6.45) is -4.41. The molecule has 0 aliphatic carbocycles. The van der Waals surface area contributed by atoms with Crippen molar-refractivity contribution in [3.8, 4) is 22.9 Å². The van der Waals surface area contributed by atoms with Crippen molar-refractivity contribution < 1.29 is 22.6 Å². The maximum atomic E-state index is 12.7. The van der Waals surface area contributed by atoms with Crippen LogP contribution in [0.15, 0.2) is 48.5 Å². The number of nitrogens with zero attached hydrogens (tertiary/aromatic N) is 2. The molecule has 0 aliphatic rings. The van der Waals surface area contributed by atoms with Gasteiger partial charge in [0, 0.05) is 17.7 Å². The summed E-state index contributed by atoms with van der Waals surface area (Å²) in [5.41, 5.74) is 0.226. The van der Waals surface area contributed by atoms with E-state index in [1.807, 2.05) is 0 Å². The molecule has 0 fully saturated rings. The molecule has 0 atom stereocenters. The first kappa shape index (κ1) is 19.8. The van der Waals surface area contributed by atoms with Gasteiger partial charge >= 0.3 is 6.18 Å². The third kappa shape index (κ3) is 4.45. The maximum absolute atomic E-state index is 12.7. The van der Waals surface area contributed by atoms with Crippen LogP contribution in [0.5, 0.6) is 11.5 Å². The number of halogens is 4. The van der Waals surface area contributed by atoms with Crippen LogP contribution in [-0.2, 0) is 6.18 Å². The lowest BCUT2D eigenvalue weighted by Crippen LogP contribution is -2.04. The van der Waals surface area contributed by atoms with Gasteiger partial charge in [0.05, 0.1) is 25.5 Å². The van der Waals surface area contributed by atoms with Gasteiger partial charge in [-0.1, -0.05) is 23.7 Å². The van der Waals surface area contributed by atoms with Crippen molar-refractivity contribution in [1.82, 2.24) is 9.97 Å². The first-order chi connectivity index (χ1) is 13.3. The molecule has 9 heteroatoms. The number of nitrogens with one attached hydrogen (secondary N) is 1. The molecule has 0 radical (unpaired) electrons. The zero-order chi connectivity index (χ0) is 20.3. The number of alkyl halides is 3. The summed E-state index contributed by atoms with van der Waals surface area (Å²) >= 11 is 6.08. The summed E-state index contributed by atoms with van der Waals surface area (Å²) in [4.78, 5) is 8.43. The monoisotopic (exact) mass is 409 g/mol. The van der Waals surface area contributed by atoms with Crippen molar-refractivity contribution in [3.05, 3.63) is 59.2 Å². The van der Waals surface area contributed by atoms with E-state index in [-0.39, 0.29) is 11.0 Å². The van der Waals surface area contributed by atoms with Crippen LogP contribution in [0, 0.1) is 0 Å². The number of rotatable bonds is 5.